The lowest BCUT2D eigenvalue weighted by molar-refractivity contribution is -0.121. The van der Waals surface area contributed by atoms with E-state index in [0.717, 1.165) is 25.9 Å². The maximum atomic E-state index is 10.9. The van der Waals surface area contributed by atoms with E-state index in [2.05, 4.69) is 6.92 Å². The molecule has 0 saturated carbocycles. The molecule has 66 valence electrons. The van der Waals surface area contributed by atoms with Crippen LogP contribution in [0.15, 0.2) is 0 Å². The summed E-state index contributed by atoms with van der Waals surface area (Å²) < 4.78 is 4.91. The average molecular weight is 158 g/mol. The molecule has 1 atom stereocenters. The van der Waals surface area contributed by atoms with Gasteiger partial charge in [0.25, 0.3) is 0 Å². The molecule has 0 spiro atoms. The van der Waals surface area contributed by atoms with E-state index in [1.807, 2.05) is 0 Å². The van der Waals surface area contributed by atoms with Crippen molar-refractivity contribution in [3.63, 3.8) is 0 Å². The van der Waals surface area contributed by atoms with Crippen molar-refractivity contribution in [3.8, 4) is 0 Å². The van der Waals surface area contributed by atoms with Crippen LogP contribution in [0, 0.1) is 5.92 Å². The summed E-state index contributed by atoms with van der Waals surface area (Å²) in [5.41, 5.74) is 0. The molecule has 0 aliphatic carbocycles. The van der Waals surface area contributed by atoms with Gasteiger partial charge in [-0.3, -0.25) is 4.79 Å². The van der Waals surface area contributed by atoms with Crippen LogP contribution >= 0.6 is 0 Å². The van der Waals surface area contributed by atoms with Crippen molar-refractivity contribution < 1.29 is 9.53 Å². The van der Waals surface area contributed by atoms with E-state index in [1.54, 1.807) is 14.0 Å². The second-order valence-electron chi connectivity index (χ2n) is 2.85. The molecule has 0 aromatic heterocycles. The Morgan fingerprint density at radius 1 is 1.55 bits per heavy atom. The Bertz CT molecular complexity index is 110. The molecular formula is C9H18O2. The molecule has 0 amide bonds. The van der Waals surface area contributed by atoms with Gasteiger partial charge in [0.2, 0.25) is 0 Å². The normalized spacial score (nSPS) is 13.0. The molecule has 0 fully saturated rings. The van der Waals surface area contributed by atoms with Crippen molar-refractivity contribution in [2.24, 2.45) is 5.92 Å². The van der Waals surface area contributed by atoms with E-state index in [0.29, 0.717) is 5.78 Å². The minimum atomic E-state index is 0.255. The van der Waals surface area contributed by atoms with Gasteiger partial charge in [-0.25, -0.2) is 0 Å². The summed E-state index contributed by atoms with van der Waals surface area (Å²) in [7, 11) is 1.69. The lowest BCUT2D eigenvalue weighted by Crippen LogP contribution is -2.10. The Morgan fingerprint density at radius 3 is 2.55 bits per heavy atom. The fourth-order valence-electron chi connectivity index (χ4n) is 1.17. The van der Waals surface area contributed by atoms with Crippen molar-refractivity contribution in [1.82, 2.24) is 0 Å². The van der Waals surface area contributed by atoms with Crippen molar-refractivity contribution in [3.05, 3.63) is 0 Å². The lowest BCUT2D eigenvalue weighted by Gasteiger charge is -2.09. The van der Waals surface area contributed by atoms with Crippen molar-refractivity contribution >= 4 is 5.78 Å². The van der Waals surface area contributed by atoms with Gasteiger partial charge in [-0.1, -0.05) is 6.92 Å². The lowest BCUT2D eigenvalue weighted by atomic mass is 9.97. The standard InChI is InChI=1S/C9H18O2/c1-4-9(8(2)10)6-5-7-11-3/h9H,4-7H2,1-3H3. The molecule has 0 radical (unpaired) electrons. The van der Waals surface area contributed by atoms with Crippen LogP contribution in [0.25, 0.3) is 0 Å². The smallest absolute Gasteiger partial charge is 0.132 e. The monoisotopic (exact) mass is 158 g/mol. The molecule has 0 heterocycles. The van der Waals surface area contributed by atoms with E-state index < -0.39 is 0 Å². The second-order valence-corrected chi connectivity index (χ2v) is 2.85. The number of ketones is 1. The van der Waals surface area contributed by atoms with Crippen molar-refractivity contribution in [1.29, 1.82) is 0 Å². The summed E-state index contributed by atoms with van der Waals surface area (Å²) in [4.78, 5) is 10.9. The highest BCUT2D eigenvalue weighted by molar-refractivity contribution is 5.78. The number of hydrogen-bond donors (Lipinski definition) is 0. The van der Waals surface area contributed by atoms with Gasteiger partial charge in [-0.2, -0.15) is 0 Å². The molecular weight excluding hydrogens is 140 g/mol. The van der Waals surface area contributed by atoms with Crippen LogP contribution in [0.1, 0.15) is 33.1 Å². The zero-order valence-electron chi connectivity index (χ0n) is 7.72. The molecule has 0 N–H and O–H groups in total. The molecule has 2 nitrogen and oxygen atoms in total. The highest BCUT2D eigenvalue weighted by atomic mass is 16.5. The minimum absolute atomic E-state index is 0.255. The van der Waals surface area contributed by atoms with E-state index in [9.17, 15) is 4.79 Å². The summed E-state index contributed by atoms with van der Waals surface area (Å²) in [6, 6.07) is 0. The molecule has 0 aliphatic heterocycles. The third-order valence-electron chi connectivity index (χ3n) is 1.97. The van der Waals surface area contributed by atoms with Crippen LogP contribution in [0.3, 0.4) is 0 Å². The largest absolute Gasteiger partial charge is 0.385 e. The van der Waals surface area contributed by atoms with E-state index in [1.165, 1.54) is 0 Å². The Morgan fingerprint density at radius 2 is 2.18 bits per heavy atom. The van der Waals surface area contributed by atoms with Gasteiger partial charge in [-0.05, 0) is 26.2 Å². The highest BCUT2D eigenvalue weighted by Crippen LogP contribution is 2.11. The quantitative estimate of drug-likeness (QED) is 0.553. The van der Waals surface area contributed by atoms with Crippen molar-refractivity contribution in [2.45, 2.75) is 33.1 Å². The summed E-state index contributed by atoms with van der Waals surface area (Å²) in [6.07, 6.45) is 2.92. The number of carbonyl (C=O) groups is 1. The molecule has 11 heavy (non-hydrogen) atoms. The zero-order chi connectivity index (χ0) is 8.69. The fourth-order valence-corrected chi connectivity index (χ4v) is 1.17. The Balaban J connectivity index is 3.44. The summed E-state index contributed by atoms with van der Waals surface area (Å²) >= 11 is 0. The highest BCUT2D eigenvalue weighted by Gasteiger charge is 2.10. The van der Waals surface area contributed by atoms with Crippen LogP contribution in [0.2, 0.25) is 0 Å². The van der Waals surface area contributed by atoms with E-state index in [4.69, 9.17) is 4.74 Å². The Hall–Kier alpha value is -0.370. The van der Waals surface area contributed by atoms with Crippen LogP contribution < -0.4 is 0 Å². The first-order valence-electron chi connectivity index (χ1n) is 4.21. The molecule has 0 rings (SSSR count). The molecule has 0 saturated heterocycles. The maximum Gasteiger partial charge on any atom is 0.132 e. The van der Waals surface area contributed by atoms with Crippen LogP contribution in [-0.4, -0.2) is 19.5 Å². The second kappa shape index (κ2) is 6.35. The van der Waals surface area contributed by atoms with Gasteiger partial charge in [0.1, 0.15) is 5.78 Å². The maximum absolute atomic E-state index is 10.9. The molecule has 0 aromatic carbocycles. The fraction of sp³-hybridized carbons (Fsp3) is 0.889. The number of ether oxygens (including phenoxy) is 1. The molecule has 0 aromatic rings. The Kier molecular flexibility index (Phi) is 6.13. The first-order chi connectivity index (χ1) is 5.22. The number of carbonyl (C=O) groups excluding carboxylic acids is 1. The van der Waals surface area contributed by atoms with Crippen LogP contribution in [0.5, 0.6) is 0 Å². The van der Waals surface area contributed by atoms with Gasteiger partial charge >= 0.3 is 0 Å². The van der Waals surface area contributed by atoms with Gasteiger partial charge < -0.3 is 4.74 Å². The minimum Gasteiger partial charge on any atom is -0.385 e. The predicted octanol–water partition coefficient (Wildman–Crippen LogP) is 2.03. The molecule has 0 aliphatic rings. The van der Waals surface area contributed by atoms with Gasteiger partial charge in [-0.15, -0.1) is 0 Å². The molecule has 1 unspecified atom stereocenters. The van der Waals surface area contributed by atoms with Gasteiger partial charge in [0, 0.05) is 19.6 Å². The number of hydrogen-bond acceptors (Lipinski definition) is 2. The zero-order valence-corrected chi connectivity index (χ0v) is 7.72. The SMILES string of the molecule is CCC(CCCOC)C(C)=O. The summed E-state index contributed by atoms with van der Waals surface area (Å²) in [6.45, 7) is 4.49. The third-order valence-corrected chi connectivity index (χ3v) is 1.97. The average Bonchev–Trinajstić information content (AvgIpc) is 1.97. The first kappa shape index (κ1) is 10.6. The van der Waals surface area contributed by atoms with E-state index in [-0.39, 0.29) is 5.92 Å². The van der Waals surface area contributed by atoms with Gasteiger partial charge in [0.15, 0.2) is 0 Å². The van der Waals surface area contributed by atoms with Crippen LogP contribution in [-0.2, 0) is 9.53 Å². The molecule has 2 heteroatoms. The number of rotatable bonds is 6. The third kappa shape index (κ3) is 4.96. The Labute approximate surface area is 68.9 Å². The topological polar surface area (TPSA) is 26.3 Å². The predicted molar refractivity (Wildman–Crippen MR) is 45.6 cm³/mol. The summed E-state index contributed by atoms with van der Waals surface area (Å²) in [5, 5.41) is 0. The van der Waals surface area contributed by atoms with E-state index >= 15 is 0 Å². The van der Waals surface area contributed by atoms with Crippen molar-refractivity contribution in [2.75, 3.05) is 13.7 Å². The first-order valence-corrected chi connectivity index (χ1v) is 4.21. The summed E-state index contributed by atoms with van der Waals surface area (Å²) in [5.74, 6) is 0.564. The van der Waals surface area contributed by atoms with Gasteiger partial charge in [0.05, 0.1) is 0 Å². The number of methoxy groups -OCH3 is 1. The van der Waals surface area contributed by atoms with Crippen LogP contribution in [0.4, 0.5) is 0 Å². The number of Topliss-reactive ketones (excluding diaryl/α,β-unsaturated/α-hetero) is 1. The molecule has 0 bridgehead atoms.